The van der Waals surface area contributed by atoms with E-state index in [0.29, 0.717) is 28.6 Å². The highest BCUT2D eigenvalue weighted by atomic mass is 35.5. The molecule has 1 saturated carbocycles. The second-order valence-corrected chi connectivity index (χ2v) is 8.23. The van der Waals surface area contributed by atoms with Crippen LogP contribution in [0.25, 0.3) is 0 Å². The van der Waals surface area contributed by atoms with E-state index in [2.05, 4.69) is 0 Å². The van der Waals surface area contributed by atoms with E-state index in [4.69, 9.17) is 11.6 Å². The van der Waals surface area contributed by atoms with Crippen LogP contribution in [-0.4, -0.2) is 31.4 Å². The molecular weight excluding hydrogens is 310 g/mol. The first-order valence-electron chi connectivity index (χ1n) is 7.22. The van der Waals surface area contributed by atoms with Crippen LogP contribution in [0.15, 0.2) is 17.0 Å². The summed E-state index contributed by atoms with van der Waals surface area (Å²) in [6.45, 7) is 2.03. The van der Waals surface area contributed by atoms with E-state index in [0.717, 1.165) is 12.8 Å². The topological polar surface area (TPSA) is 57.6 Å². The van der Waals surface area contributed by atoms with Gasteiger partial charge in [0, 0.05) is 18.6 Å². The number of aliphatic hydroxyl groups is 1. The fraction of sp³-hybridized carbons (Fsp3) is 0.600. The van der Waals surface area contributed by atoms with E-state index in [1.807, 2.05) is 0 Å². The first kappa shape index (κ1) is 16.7. The Morgan fingerprint density at radius 3 is 2.52 bits per heavy atom. The predicted octanol–water partition coefficient (Wildman–Crippen LogP) is 2.95. The van der Waals surface area contributed by atoms with E-state index in [-0.39, 0.29) is 11.5 Å². The average Bonchev–Trinajstić information content (AvgIpc) is 2.93. The zero-order chi connectivity index (χ0) is 15.6. The molecule has 0 saturated heterocycles. The maximum Gasteiger partial charge on any atom is 0.243 e. The van der Waals surface area contributed by atoms with E-state index in [9.17, 15) is 13.5 Å². The molecule has 1 aliphatic rings. The van der Waals surface area contributed by atoms with Gasteiger partial charge in [-0.15, -0.1) is 0 Å². The summed E-state index contributed by atoms with van der Waals surface area (Å²) in [4.78, 5) is 0.194. The smallest absolute Gasteiger partial charge is 0.243 e. The number of benzene rings is 1. The van der Waals surface area contributed by atoms with Crippen LogP contribution in [0.3, 0.4) is 0 Å². The molecule has 6 heteroatoms. The van der Waals surface area contributed by atoms with Gasteiger partial charge in [0.25, 0.3) is 0 Å². The lowest BCUT2D eigenvalue weighted by Gasteiger charge is -2.22. The van der Waals surface area contributed by atoms with Gasteiger partial charge in [-0.1, -0.05) is 24.4 Å². The van der Waals surface area contributed by atoms with E-state index in [1.54, 1.807) is 20.0 Å². The Hall–Kier alpha value is -0.620. The van der Waals surface area contributed by atoms with Crippen LogP contribution in [-0.2, 0) is 16.6 Å². The van der Waals surface area contributed by atoms with Gasteiger partial charge in [-0.2, -0.15) is 0 Å². The fourth-order valence-corrected chi connectivity index (χ4v) is 4.81. The molecule has 21 heavy (non-hydrogen) atoms. The van der Waals surface area contributed by atoms with E-state index in [1.165, 1.54) is 23.2 Å². The SMILES string of the molecule is Cc1c(CO)cc(Cl)cc1S(=O)(=O)N(C)CC1CCCC1. The normalized spacial score (nSPS) is 16.8. The summed E-state index contributed by atoms with van der Waals surface area (Å²) < 4.78 is 26.9. The highest BCUT2D eigenvalue weighted by Crippen LogP contribution is 2.30. The third kappa shape index (κ3) is 3.59. The van der Waals surface area contributed by atoms with Crippen molar-refractivity contribution in [1.82, 2.24) is 4.31 Å². The molecule has 0 atom stereocenters. The Labute approximate surface area is 131 Å². The maximum absolute atomic E-state index is 12.7. The molecule has 0 heterocycles. The summed E-state index contributed by atoms with van der Waals surface area (Å²) in [7, 11) is -1.96. The van der Waals surface area contributed by atoms with Gasteiger partial charge in [0.05, 0.1) is 11.5 Å². The highest BCUT2D eigenvalue weighted by Gasteiger charge is 2.27. The van der Waals surface area contributed by atoms with Crippen LogP contribution in [0.4, 0.5) is 0 Å². The molecule has 0 aromatic heterocycles. The summed E-state index contributed by atoms with van der Waals surface area (Å²) >= 11 is 5.99. The summed E-state index contributed by atoms with van der Waals surface area (Å²) in [6.07, 6.45) is 4.55. The number of aliphatic hydroxyl groups excluding tert-OH is 1. The van der Waals surface area contributed by atoms with Crippen molar-refractivity contribution >= 4 is 21.6 Å². The van der Waals surface area contributed by atoms with Gasteiger partial charge >= 0.3 is 0 Å². The Kier molecular flexibility index (Phi) is 5.30. The van der Waals surface area contributed by atoms with Crippen molar-refractivity contribution in [3.05, 3.63) is 28.3 Å². The summed E-state index contributed by atoms with van der Waals surface area (Å²) in [5.41, 5.74) is 1.12. The lowest BCUT2D eigenvalue weighted by Crippen LogP contribution is -2.31. The maximum atomic E-state index is 12.7. The van der Waals surface area contributed by atoms with Crippen molar-refractivity contribution in [2.24, 2.45) is 5.92 Å². The highest BCUT2D eigenvalue weighted by molar-refractivity contribution is 7.89. The van der Waals surface area contributed by atoms with Gasteiger partial charge in [-0.05, 0) is 48.9 Å². The second kappa shape index (κ2) is 6.65. The predicted molar refractivity (Wildman–Crippen MR) is 83.9 cm³/mol. The third-order valence-corrected chi connectivity index (χ3v) is 6.45. The number of nitrogens with zero attached hydrogens (tertiary/aromatic N) is 1. The second-order valence-electron chi connectivity index (χ2n) is 5.78. The number of rotatable bonds is 5. The van der Waals surface area contributed by atoms with E-state index < -0.39 is 10.0 Å². The van der Waals surface area contributed by atoms with Crippen LogP contribution in [0.5, 0.6) is 0 Å². The molecule has 118 valence electrons. The monoisotopic (exact) mass is 331 g/mol. The lowest BCUT2D eigenvalue weighted by atomic mass is 10.1. The molecule has 1 aromatic carbocycles. The molecule has 1 fully saturated rings. The fourth-order valence-electron chi connectivity index (χ4n) is 2.96. The van der Waals surface area contributed by atoms with Crippen molar-refractivity contribution in [3.63, 3.8) is 0 Å². The Morgan fingerprint density at radius 2 is 1.95 bits per heavy atom. The van der Waals surface area contributed by atoms with Gasteiger partial charge in [-0.3, -0.25) is 0 Å². The van der Waals surface area contributed by atoms with Crippen molar-refractivity contribution < 1.29 is 13.5 Å². The molecule has 0 bridgehead atoms. The molecular formula is C15H22ClNO3S. The van der Waals surface area contributed by atoms with Crippen LogP contribution < -0.4 is 0 Å². The van der Waals surface area contributed by atoms with Gasteiger partial charge < -0.3 is 5.11 Å². The standard InChI is InChI=1S/C15H22ClNO3S/c1-11-13(10-18)7-14(16)8-15(11)21(19,20)17(2)9-12-5-3-4-6-12/h7-8,12,18H,3-6,9-10H2,1-2H3. The van der Waals surface area contributed by atoms with Crippen molar-refractivity contribution in [1.29, 1.82) is 0 Å². The lowest BCUT2D eigenvalue weighted by molar-refractivity contribution is 0.280. The number of hydrogen-bond acceptors (Lipinski definition) is 3. The minimum atomic E-state index is -3.57. The van der Waals surface area contributed by atoms with Crippen LogP contribution in [0.1, 0.15) is 36.8 Å². The Bertz CT molecular complexity index is 610. The van der Waals surface area contributed by atoms with E-state index >= 15 is 0 Å². The summed E-state index contributed by atoms with van der Waals surface area (Å²) in [5, 5.41) is 9.67. The zero-order valence-electron chi connectivity index (χ0n) is 12.5. The number of sulfonamides is 1. The van der Waals surface area contributed by atoms with Gasteiger partial charge in [0.2, 0.25) is 10.0 Å². The molecule has 0 radical (unpaired) electrons. The number of halogens is 1. The quantitative estimate of drug-likeness (QED) is 0.902. The molecule has 0 unspecified atom stereocenters. The summed E-state index contributed by atoms with van der Waals surface area (Å²) in [6, 6.07) is 3.07. The van der Waals surface area contributed by atoms with Gasteiger partial charge in [0.15, 0.2) is 0 Å². The van der Waals surface area contributed by atoms with Crippen molar-refractivity contribution in [3.8, 4) is 0 Å². The molecule has 1 N–H and O–H groups in total. The summed E-state index contributed by atoms with van der Waals surface area (Å²) in [5.74, 6) is 0.446. The van der Waals surface area contributed by atoms with Crippen LogP contribution in [0.2, 0.25) is 5.02 Å². The molecule has 0 aliphatic heterocycles. The molecule has 1 aliphatic carbocycles. The molecule has 2 rings (SSSR count). The minimum absolute atomic E-state index is 0.194. The van der Waals surface area contributed by atoms with Crippen LogP contribution >= 0.6 is 11.6 Å². The first-order chi connectivity index (χ1) is 9.86. The zero-order valence-corrected chi connectivity index (χ0v) is 14.0. The van der Waals surface area contributed by atoms with Crippen LogP contribution in [0, 0.1) is 12.8 Å². The first-order valence-corrected chi connectivity index (χ1v) is 9.04. The van der Waals surface area contributed by atoms with Crippen molar-refractivity contribution in [2.75, 3.05) is 13.6 Å². The molecule has 4 nitrogen and oxygen atoms in total. The molecule has 1 aromatic rings. The van der Waals surface area contributed by atoms with Gasteiger partial charge in [0.1, 0.15) is 0 Å². The number of hydrogen-bond donors (Lipinski definition) is 1. The minimum Gasteiger partial charge on any atom is -0.392 e. The average molecular weight is 332 g/mol. The molecule has 0 spiro atoms. The Morgan fingerprint density at radius 1 is 1.33 bits per heavy atom. The third-order valence-electron chi connectivity index (χ3n) is 4.28. The molecule has 0 amide bonds. The van der Waals surface area contributed by atoms with Gasteiger partial charge in [-0.25, -0.2) is 12.7 Å². The van der Waals surface area contributed by atoms with Crippen molar-refractivity contribution in [2.45, 2.75) is 44.1 Å². The Balaban J connectivity index is 2.32. The largest absolute Gasteiger partial charge is 0.392 e.